The number of rotatable bonds is 4. The standard InChI is InChI=1S/C14H14FN3O2/c1-20-13-5-2-9(7-17-13)8-18-14(19)11-6-10(16)3-4-12(11)15/h2-7H,8,16H2,1H3,(H,18,19). The van der Waals surface area contributed by atoms with Crippen molar-refractivity contribution in [1.82, 2.24) is 10.3 Å². The van der Waals surface area contributed by atoms with Crippen LogP contribution in [0.15, 0.2) is 36.5 Å². The van der Waals surface area contributed by atoms with Gasteiger partial charge in [0.25, 0.3) is 5.91 Å². The lowest BCUT2D eigenvalue weighted by Gasteiger charge is -2.07. The molecule has 2 aromatic rings. The van der Waals surface area contributed by atoms with Gasteiger partial charge in [0, 0.05) is 24.5 Å². The number of nitrogens with zero attached hydrogens (tertiary/aromatic N) is 1. The third-order valence-electron chi connectivity index (χ3n) is 2.69. The molecule has 1 amide bonds. The number of halogens is 1. The molecule has 1 aromatic carbocycles. The van der Waals surface area contributed by atoms with E-state index in [-0.39, 0.29) is 12.1 Å². The minimum Gasteiger partial charge on any atom is -0.481 e. The van der Waals surface area contributed by atoms with Crippen LogP contribution in [0.4, 0.5) is 10.1 Å². The van der Waals surface area contributed by atoms with Crippen molar-refractivity contribution in [2.24, 2.45) is 0 Å². The Kier molecular flexibility index (Phi) is 4.14. The number of methoxy groups -OCH3 is 1. The van der Waals surface area contributed by atoms with Gasteiger partial charge in [-0.25, -0.2) is 9.37 Å². The van der Waals surface area contributed by atoms with Crippen LogP contribution in [0.3, 0.4) is 0 Å². The van der Waals surface area contributed by atoms with Gasteiger partial charge < -0.3 is 15.8 Å². The maximum Gasteiger partial charge on any atom is 0.254 e. The zero-order valence-electron chi connectivity index (χ0n) is 10.9. The number of ether oxygens (including phenoxy) is 1. The van der Waals surface area contributed by atoms with Gasteiger partial charge in [-0.1, -0.05) is 6.07 Å². The molecule has 0 atom stereocenters. The molecule has 0 aliphatic carbocycles. The van der Waals surface area contributed by atoms with Crippen LogP contribution in [0, 0.1) is 5.82 Å². The van der Waals surface area contributed by atoms with Crippen molar-refractivity contribution < 1.29 is 13.9 Å². The molecule has 6 heteroatoms. The molecule has 20 heavy (non-hydrogen) atoms. The number of pyridine rings is 1. The summed E-state index contributed by atoms with van der Waals surface area (Å²) in [6.45, 7) is 0.240. The van der Waals surface area contributed by atoms with Gasteiger partial charge in [-0.15, -0.1) is 0 Å². The molecule has 0 unspecified atom stereocenters. The number of anilines is 1. The Bertz CT molecular complexity index is 614. The van der Waals surface area contributed by atoms with Crippen LogP contribution in [0.2, 0.25) is 0 Å². The van der Waals surface area contributed by atoms with E-state index in [4.69, 9.17) is 10.5 Å². The highest BCUT2D eigenvalue weighted by atomic mass is 19.1. The van der Waals surface area contributed by atoms with Crippen molar-refractivity contribution in [3.63, 3.8) is 0 Å². The minimum absolute atomic E-state index is 0.0773. The SMILES string of the molecule is COc1ccc(CNC(=O)c2cc(N)ccc2F)cn1. The van der Waals surface area contributed by atoms with E-state index < -0.39 is 11.7 Å². The molecule has 0 bridgehead atoms. The Labute approximate surface area is 115 Å². The van der Waals surface area contributed by atoms with Gasteiger partial charge >= 0.3 is 0 Å². The third kappa shape index (κ3) is 3.23. The summed E-state index contributed by atoms with van der Waals surface area (Å²) in [6.07, 6.45) is 1.58. The minimum atomic E-state index is -0.607. The predicted octanol–water partition coefficient (Wildman–Crippen LogP) is 1.74. The number of aromatic nitrogens is 1. The number of hydrogen-bond donors (Lipinski definition) is 2. The maximum atomic E-state index is 13.5. The fourth-order valence-corrected chi connectivity index (χ4v) is 1.63. The molecule has 104 valence electrons. The maximum absolute atomic E-state index is 13.5. The van der Waals surface area contributed by atoms with Crippen LogP contribution < -0.4 is 15.8 Å². The number of carbonyl (C=O) groups excluding carboxylic acids is 1. The van der Waals surface area contributed by atoms with E-state index in [1.807, 2.05) is 0 Å². The van der Waals surface area contributed by atoms with Gasteiger partial charge in [0.15, 0.2) is 0 Å². The predicted molar refractivity (Wildman–Crippen MR) is 72.8 cm³/mol. The average Bonchev–Trinajstić information content (AvgIpc) is 2.47. The fraction of sp³-hybridized carbons (Fsp3) is 0.143. The summed E-state index contributed by atoms with van der Waals surface area (Å²) < 4.78 is 18.4. The number of amides is 1. The zero-order valence-corrected chi connectivity index (χ0v) is 10.9. The number of nitrogen functional groups attached to an aromatic ring is 1. The summed E-state index contributed by atoms with van der Waals surface area (Å²) in [5.74, 6) is -0.642. The van der Waals surface area contributed by atoms with E-state index in [1.165, 1.54) is 25.3 Å². The Hall–Kier alpha value is -2.63. The normalized spacial score (nSPS) is 10.1. The zero-order chi connectivity index (χ0) is 14.5. The van der Waals surface area contributed by atoms with Crippen molar-refractivity contribution in [3.05, 3.63) is 53.5 Å². The van der Waals surface area contributed by atoms with E-state index in [0.717, 1.165) is 5.56 Å². The molecule has 1 heterocycles. The summed E-state index contributed by atoms with van der Waals surface area (Å²) in [7, 11) is 1.52. The summed E-state index contributed by atoms with van der Waals surface area (Å²) in [5, 5.41) is 2.61. The van der Waals surface area contributed by atoms with Crippen LogP contribution in [0.25, 0.3) is 0 Å². The first kappa shape index (κ1) is 13.8. The number of benzene rings is 1. The average molecular weight is 275 g/mol. The van der Waals surface area contributed by atoms with Gasteiger partial charge in [0.2, 0.25) is 5.88 Å². The molecular formula is C14H14FN3O2. The topological polar surface area (TPSA) is 77.2 Å². The number of hydrogen-bond acceptors (Lipinski definition) is 4. The molecule has 0 spiro atoms. The molecule has 0 saturated heterocycles. The molecule has 0 radical (unpaired) electrons. The molecule has 3 N–H and O–H groups in total. The van der Waals surface area contributed by atoms with Crippen LogP contribution in [-0.4, -0.2) is 18.0 Å². The van der Waals surface area contributed by atoms with Gasteiger partial charge in [-0.2, -0.15) is 0 Å². The van der Waals surface area contributed by atoms with Gasteiger partial charge in [0.1, 0.15) is 5.82 Å². The second kappa shape index (κ2) is 6.01. The second-order valence-electron chi connectivity index (χ2n) is 4.13. The first-order chi connectivity index (χ1) is 9.60. The Morgan fingerprint density at radius 2 is 2.20 bits per heavy atom. The molecule has 5 nitrogen and oxygen atoms in total. The van der Waals surface area contributed by atoms with Gasteiger partial charge in [0.05, 0.1) is 12.7 Å². The van der Waals surface area contributed by atoms with E-state index in [9.17, 15) is 9.18 Å². The first-order valence-electron chi connectivity index (χ1n) is 5.92. The van der Waals surface area contributed by atoms with Gasteiger partial charge in [-0.05, 0) is 23.8 Å². The monoisotopic (exact) mass is 275 g/mol. The Balaban J connectivity index is 2.02. The largest absolute Gasteiger partial charge is 0.481 e. The molecule has 0 aliphatic heterocycles. The lowest BCUT2D eigenvalue weighted by atomic mass is 10.1. The summed E-state index contributed by atoms with van der Waals surface area (Å²) in [5.41, 5.74) is 6.57. The second-order valence-corrected chi connectivity index (χ2v) is 4.13. The van der Waals surface area contributed by atoms with E-state index in [1.54, 1.807) is 18.3 Å². The number of carbonyl (C=O) groups is 1. The molecule has 0 aliphatic rings. The van der Waals surface area contributed by atoms with Crippen LogP contribution >= 0.6 is 0 Å². The van der Waals surface area contributed by atoms with Crippen LogP contribution in [0.1, 0.15) is 15.9 Å². The van der Waals surface area contributed by atoms with E-state index in [2.05, 4.69) is 10.3 Å². The molecule has 2 rings (SSSR count). The van der Waals surface area contributed by atoms with Crippen LogP contribution in [-0.2, 0) is 6.54 Å². The van der Waals surface area contributed by atoms with Crippen molar-refractivity contribution in [2.45, 2.75) is 6.54 Å². The number of nitrogens with two attached hydrogens (primary N) is 1. The fourth-order valence-electron chi connectivity index (χ4n) is 1.63. The highest BCUT2D eigenvalue weighted by molar-refractivity contribution is 5.95. The van der Waals surface area contributed by atoms with Crippen molar-refractivity contribution in [3.8, 4) is 5.88 Å². The molecule has 0 saturated carbocycles. The Morgan fingerprint density at radius 3 is 2.85 bits per heavy atom. The van der Waals surface area contributed by atoms with Crippen molar-refractivity contribution in [2.75, 3.05) is 12.8 Å². The van der Waals surface area contributed by atoms with E-state index >= 15 is 0 Å². The van der Waals surface area contributed by atoms with E-state index in [0.29, 0.717) is 11.6 Å². The highest BCUT2D eigenvalue weighted by Crippen LogP contribution is 2.12. The quantitative estimate of drug-likeness (QED) is 0.833. The van der Waals surface area contributed by atoms with Crippen LogP contribution in [0.5, 0.6) is 5.88 Å². The summed E-state index contributed by atoms with van der Waals surface area (Å²) in [6, 6.07) is 7.32. The third-order valence-corrected chi connectivity index (χ3v) is 2.69. The molecular weight excluding hydrogens is 261 g/mol. The molecule has 1 aromatic heterocycles. The first-order valence-corrected chi connectivity index (χ1v) is 5.92. The number of nitrogens with one attached hydrogen (secondary N) is 1. The summed E-state index contributed by atoms with van der Waals surface area (Å²) >= 11 is 0. The van der Waals surface area contributed by atoms with Crippen molar-refractivity contribution >= 4 is 11.6 Å². The summed E-state index contributed by atoms with van der Waals surface area (Å²) in [4.78, 5) is 15.9. The van der Waals surface area contributed by atoms with Gasteiger partial charge in [-0.3, -0.25) is 4.79 Å². The highest BCUT2D eigenvalue weighted by Gasteiger charge is 2.11. The Morgan fingerprint density at radius 1 is 1.40 bits per heavy atom. The lowest BCUT2D eigenvalue weighted by molar-refractivity contribution is 0.0947. The smallest absolute Gasteiger partial charge is 0.254 e. The lowest BCUT2D eigenvalue weighted by Crippen LogP contribution is -2.24. The van der Waals surface area contributed by atoms with Crippen molar-refractivity contribution in [1.29, 1.82) is 0 Å². The molecule has 0 fully saturated rings.